The highest BCUT2D eigenvalue weighted by Crippen LogP contribution is 2.34. The summed E-state index contributed by atoms with van der Waals surface area (Å²) in [4.78, 5) is 25.3. The molecule has 0 unspecified atom stereocenters. The monoisotopic (exact) mass is 320 g/mol. The van der Waals surface area contributed by atoms with Gasteiger partial charge in [-0.2, -0.15) is 0 Å². The fourth-order valence-corrected chi connectivity index (χ4v) is 3.36. The average Bonchev–Trinajstić information content (AvgIpc) is 2.70. The molecule has 0 fully saturated rings. The molecule has 0 atom stereocenters. The Hall–Kier alpha value is -1.69. The van der Waals surface area contributed by atoms with Crippen molar-refractivity contribution in [2.45, 2.75) is 47.1 Å². The highest BCUT2D eigenvalue weighted by Gasteiger charge is 2.20. The Morgan fingerprint density at radius 1 is 1.32 bits per heavy atom. The summed E-state index contributed by atoms with van der Waals surface area (Å²) in [5, 5.41) is 4.07. The number of amides is 1. The lowest BCUT2D eigenvalue weighted by atomic mass is 10.1. The van der Waals surface area contributed by atoms with Gasteiger partial charge in [-0.3, -0.25) is 4.79 Å². The van der Waals surface area contributed by atoms with Crippen molar-refractivity contribution in [3.63, 3.8) is 0 Å². The van der Waals surface area contributed by atoms with Gasteiger partial charge in [0.25, 0.3) is 0 Å². The van der Waals surface area contributed by atoms with Crippen LogP contribution in [0, 0.1) is 13.8 Å². The van der Waals surface area contributed by atoms with Gasteiger partial charge in [0.2, 0.25) is 5.91 Å². The summed E-state index contributed by atoms with van der Waals surface area (Å²) >= 11 is 1.67. The molecule has 0 saturated carbocycles. The Balaban J connectivity index is 2.34. The van der Waals surface area contributed by atoms with Crippen molar-refractivity contribution in [3.8, 4) is 0 Å². The molecule has 2 aromatic rings. The number of fused-ring (bicyclic) bond motifs is 1. The van der Waals surface area contributed by atoms with Gasteiger partial charge in [0, 0.05) is 17.0 Å². The predicted molar refractivity (Wildman–Crippen MR) is 92.7 cm³/mol. The number of rotatable bonds is 4. The third kappa shape index (κ3) is 3.55. The molecular weight excluding hydrogens is 296 g/mol. The molecule has 0 saturated heterocycles. The molecular formula is C16H24N4OS. The summed E-state index contributed by atoms with van der Waals surface area (Å²) in [6.45, 7) is 13.2. The standard InChI is InChI=1S/C16H24N4OS/c1-7-20(8-12(21)19-16(4,5)6)14-13-10(2)11(3)22-15(13)18-9-17-14/h9H,7-8H2,1-6H3,(H,19,21). The zero-order chi connectivity index (χ0) is 16.5. The second kappa shape index (κ2) is 6.20. The van der Waals surface area contributed by atoms with Crippen molar-refractivity contribution >= 4 is 33.3 Å². The van der Waals surface area contributed by atoms with Gasteiger partial charge in [0.15, 0.2) is 0 Å². The summed E-state index contributed by atoms with van der Waals surface area (Å²) in [6.07, 6.45) is 1.58. The lowest BCUT2D eigenvalue weighted by Gasteiger charge is -2.26. The first-order chi connectivity index (χ1) is 10.2. The van der Waals surface area contributed by atoms with Crippen LogP contribution in [0.4, 0.5) is 5.82 Å². The van der Waals surface area contributed by atoms with Gasteiger partial charge in [0.1, 0.15) is 17.0 Å². The number of likely N-dealkylation sites (N-methyl/N-ethyl adjacent to an activating group) is 1. The van der Waals surface area contributed by atoms with Crippen molar-refractivity contribution in [1.29, 1.82) is 0 Å². The lowest BCUT2D eigenvalue weighted by Crippen LogP contribution is -2.46. The summed E-state index contributed by atoms with van der Waals surface area (Å²) in [6, 6.07) is 0. The van der Waals surface area contributed by atoms with E-state index in [4.69, 9.17) is 0 Å². The van der Waals surface area contributed by atoms with E-state index in [1.165, 1.54) is 10.4 Å². The van der Waals surface area contributed by atoms with Gasteiger partial charge in [-0.1, -0.05) is 0 Å². The Kier molecular flexibility index (Phi) is 4.70. The van der Waals surface area contributed by atoms with Crippen LogP contribution in [0.25, 0.3) is 10.2 Å². The molecule has 1 N–H and O–H groups in total. The van der Waals surface area contributed by atoms with Crippen LogP contribution in [0.15, 0.2) is 6.33 Å². The molecule has 0 bridgehead atoms. The maximum absolute atomic E-state index is 12.2. The summed E-state index contributed by atoms with van der Waals surface area (Å²) in [5.74, 6) is 0.851. The van der Waals surface area contributed by atoms with Gasteiger partial charge in [0.05, 0.1) is 11.9 Å². The first kappa shape index (κ1) is 16.7. The average molecular weight is 320 g/mol. The third-order valence-corrected chi connectivity index (χ3v) is 4.59. The van der Waals surface area contributed by atoms with E-state index in [2.05, 4.69) is 29.1 Å². The fourth-order valence-electron chi connectivity index (χ4n) is 2.37. The molecule has 0 aromatic carbocycles. The van der Waals surface area contributed by atoms with E-state index in [-0.39, 0.29) is 11.4 Å². The molecule has 6 heteroatoms. The van der Waals surface area contributed by atoms with Crippen LogP contribution in [-0.2, 0) is 4.79 Å². The third-order valence-electron chi connectivity index (χ3n) is 3.48. The predicted octanol–water partition coefficient (Wildman–Crippen LogP) is 3.05. The van der Waals surface area contributed by atoms with Crippen molar-refractivity contribution in [2.24, 2.45) is 0 Å². The number of carbonyl (C=O) groups is 1. The van der Waals surface area contributed by atoms with Crippen LogP contribution in [-0.4, -0.2) is 34.5 Å². The van der Waals surface area contributed by atoms with Gasteiger partial charge in [-0.25, -0.2) is 9.97 Å². The number of nitrogens with zero attached hydrogens (tertiary/aromatic N) is 3. The first-order valence-electron chi connectivity index (χ1n) is 7.49. The maximum Gasteiger partial charge on any atom is 0.239 e. The van der Waals surface area contributed by atoms with Crippen LogP contribution in [0.1, 0.15) is 38.1 Å². The van der Waals surface area contributed by atoms with Crippen LogP contribution in [0.3, 0.4) is 0 Å². The molecule has 0 spiro atoms. The number of nitrogens with one attached hydrogen (secondary N) is 1. The van der Waals surface area contributed by atoms with Crippen LogP contribution in [0.5, 0.6) is 0 Å². The van der Waals surface area contributed by atoms with Crippen molar-refractivity contribution in [1.82, 2.24) is 15.3 Å². The van der Waals surface area contributed by atoms with E-state index >= 15 is 0 Å². The summed E-state index contributed by atoms with van der Waals surface area (Å²) < 4.78 is 0. The quantitative estimate of drug-likeness (QED) is 0.940. The zero-order valence-corrected chi connectivity index (χ0v) is 15.0. The van der Waals surface area contributed by atoms with Gasteiger partial charge < -0.3 is 10.2 Å². The number of aryl methyl sites for hydroxylation is 2. The largest absolute Gasteiger partial charge is 0.350 e. The minimum atomic E-state index is -0.230. The summed E-state index contributed by atoms with van der Waals surface area (Å²) in [7, 11) is 0. The second-order valence-electron chi connectivity index (χ2n) is 6.47. The van der Waals surface area contributed by atoms with E-state index in [0.29, 0.717) is 6.54 Å². The number of hydrogen-bond donors (Lipinski definition) is 1. The number of carbonyl (C=O) groups excluding carboxylic acids is 1. The van der Waals surface area contributed by atoms with Gasteiger partial charge >= 0.3 is 0 Å². The Bertz CT molecular complexity index is 687. The smallest absolute Gasteiger partial charge is 0.239 e. The molecule has 5 nitrogen and oxygen atoms in total. The molecule has 1 amide bonds. The fraction of sp³-hybridized carbons (Fsp3) is 0.562. The maximum atomic E-state index is 12.2. The van der Waals surface area contributed by atoms with E-state index in [1.807, 2.05) is 32.6 Å². The molecule has 2 rings (SSSR count). The van der Waals surface area contributed by atoms with Gasteiger partial charge in [-0.05, 0) is 47.1 Å². The van der Waals surface area contributed by atoms with E-state index in [1.54, 1.807) is 17.7 Å². The molecule has 0 aliphatic heterocycles. The lowest BCUT2D eigenvalue weighted by molar-refractivity contribution is -0.121. The van der Waals surface area contributed by atoms with Crippen molar-refractivity contribution < 1.29 is 4.79 Å². The molecule has 0 radical (unpaired) electrons. The Labute approximate surface area is 135 Å². The van der Waals surface area contributed by atoms with Gasteiger partial charge in [-0.15, -0.1) is 11.3 Å². The topological polar surface area (TPSA) is 58.1 Å². The highest BCUT2D eigenvalue weighted by atomic mass is 32.1. The van der Waals surface area contributed by atoms with Crippen LogP contribution >= 0.6 is 11.3 Å². The number of aromatic nitrogens is 2. The number of thiophene rings is 1. The Morgan fingerprint density at radius 3 is 2.59 bits per heavy atom. The molecule has 0 aliphatic carbocycles. The normalized spacial score (nSPS) is 11.7. The van der Waals surface area contributed by atoms with Crippen LogP contribution in [0.2, 0.25) is 0 Å². The first-order valence-corrected chi connectivity index (χ1v) is 8.31. The number of anilines is 1. The SMILES string of the molecule is CCN(CC(=O)NC(C)(C)C)c1ncnc2sc(C)c(C)c12. The van der Waals surface area contributed by atoms with Crippen LogP contribution < -0.4 is 10.2 Å². The Morgan fingerprint density at radius 2 is 2.00 bits per heavy atom. The molecule has 120 valence electrons. The van der Waals surface area contributed by atoms with E-state index in [9.17, 15) is 4.79 Å². The van der Waals surface area contributed by atoms with Crippen molar-refractivity contribution in [3.05, 3.63) is 16.8 Å². The molecule has 2 aromatic heterocycles. The minimum absolute atomic E-state index is 0.00529. The summed E-state index contributed by atoms with van der Waals surface area (Å²) in [5.41, 5.74) is 0.970. The minimum Gasteiger partial charge on any atom is -0.350 e. The zero-order valence-electron chi connectivity index (χ0n) is 14.1. The molecule has 22 heavy (non-hydrogen) atoms. The second-order valence-corrected chi connectivity index (χ2v) is 7.68. The van der Waals surface area contributed by atoms with E-state index < -0.39 is 0 Å². The van der Waals surface area contributed by atoms with E-state index in [0.717, 1.165) is 22.6 Å². The highest BCUT2D eigenvalue weighted by molar-refractivity contribution is 7.18. The van der Waals surface area contributed by atoms with Crippen molar-refractivity contribution in [2.75, 3.05) is 18.0 Å². The molecule has 2 heterocycles. The number of hydrogen-bond acceptors (Lipinski definition) is 5. The molecule has 0 aliphatic rings.